The number of amides is 2. The lowest BCUT2D eigenvalue weighted by Crippen LogP contribution is -2.40. The van der Waals surface area contributed by atoms with Crippen molar-refractivity contribution in [3.63, 3.8) is 0 Å². The maximum atomic E-state index is 13.4. The van der Waals surface area contributed by atoms with E-state index < -0.39 is 11.7 Å². The Bertz CT molecular complexity index is 976. The number of hydrogen-bond donors (Lipinski definition) is 1. The number of benzene rings is 1. The van der Waals surface area contributed by atoms with Gasteiger partial charge in [0.25, 0.3) is 0 Å². The molecule has 4 rings (SSSR count). The monoisotopic (exact) mass is 490 g/mol. The lowest BCUT2D eigenvalue weighted by molar-refractivity contribution is -0.137. The van der Waals surface area contributed by atoms with Crippen LogP contribution in [-0.4, -0.2) is 42.9 Å². The van der Waals surface area contributed by atoms with Crippen molar-refractivity contribution in [3.8, 4) is 6.07 Å². The standard InChI is InChI=1S/C26H33F3N4O2/c27-26(28,29)23-13-20(7-6-19(23)14-30)32-10-8-18(9-11-32)21-15-33(16-22(21)25(31)35)24(34)12-17-4-2-1-3-5-17/h6-7,13,17-18,21-22H,1-5,8-12,15-16H2,(H2,31,35)/t21-,22+/m0/s1. The topological polar surface area (TPSA) is 90.4 Å². The summed E-state index contributed by atoms with van der Waals surface area (Å²) in [6.45, 7) is 1.99. The molecule has 0 spiro atoms. The molecule has 1 aliphatic carbocycles. The predicted molar refractivity (Wildman–Crippen MR) is 125 cm³/mol. The van der Waals surface area contributed by atoms with Crippen LogP contribution in [-0.2, 0) is 15.8 Å². The zero-order valence-corrected chi connectivity index (χ0v) is 19.9. The zero-order valence-electron chi connectivity index (χ0n) is 19.9. The third-order valence-corrected chi connectivity index (χ3v) is 8.21. The van der Waals surface area contributed by atoms with Crippen molar-refractivity contribution in [1.29, 1.82) is 5.26 Å². The van der Waals surface area contributed by atoms with Crippen molar-refractivity contribution in [3.05, 3.63) is 29.3 Å². The number of alkyl halides is 3. The van der Waals surface area contributed by atoms with Crippen molar-refractivity contribution < 1.29 is 22.8 Å². The molecular weight excluding hydrogens is 457 g/mol. The van der Waals surface area contributed by atoms with Gasteiger partial charge in [-0.25, -0.2) is 0 Å². The van der Waals surface area contributed by atoms with Crippen LogP contribution in [0.4, 0.5) is 18.9 Å². The predicted octanol–water partition coefficient (Wildman–Crippen LogP) is 4.32. The number of nitrogens with two attached hydrogens (primary N) is 1. The van der Waals surface area contributed by atoms with E-state index in [0.29, 0.717) is 57.0 Å². The van der Waals surface area contributed by atoms with Crippen molar-refractivity contribution in [2.45, 2.75) is 57.5 Å². The molecule has 0 unspecified atom stereocenters. The second kappa shape index (κ2) is 10.5. The molecule has 0 aromatic heterocycles. The Balaban J connectivity index is 1.39. The minimum atomic E-state index is -4.59. The molecule has 3 aliphatic rings. The highest BCUT2D eigenvalue weighted by Crippen LogP contribution is 2.39. The quantitative estimate of drug-likeness (QED) is 0.666. The first-order chi connectivity index (χ1) is 16.7. The lowest BCUT2D eigenvalue weighted by atomic mass is 9.78. The van der Waals surface area contributed by atoms with E-state index in [9.17, 15) is 22.8 Å². The van der Waals surface area contributed by atoms with Gasteiger partial charge in [0.1, 0.15) is 0 Å². The van der Waals surface area contributed by atoms with Gasteiger partial charge in [-0.05, 0) is 61.6 Å². The first-order valence-corrected chi connectivity index (χ1v) is 12.6. The Morgan fingerprint density at radius 1 is 1.06 bits per heavy atom. The molecule has 35 heavy (non-hydrogen) atoms. The minimum absolute atomic E-state index is 0.0170. The minimum Gasteiger partial charge on any atom is -0.372 e. The number of carbonyl (C=O) groups is 2. The molecule has 2 saturated heterocycles. The Kier molecular flexibility index (Phi) is 7.58. The lowest BCUT2D eigenvalue weighted by Gasteiger charge is -2.37. The fourth-order valence-corrected chi connectivity index (χ4v) is 6.23. The number of likely N-dealkylation sites (tertiary alicyclic amines) is 1. The molecule has 2 heterocycles. The summed E-state index contributed by atoms with van der Waals surface area (Å²) in [6, 6.07) is 5.44. The van der Waals surface area contributed by atoms with E-state index >= 15 is 0 Å². The second-order valence-corrected chi connectivity index (χ2v) is 10.3. The molecule has 3 fully saturated rings. The number of anilines is 1. The Hall–Kier alpha value is -2.76. The summed E-state index contributed by atoms with van der Waals surface area (Å²) in [5.41, 5.74) is 4.86. The van der Waals surface area contributed by atoms with Crippen molar-refractivity contribution >= 4 is 17.5 Å². The summed E-state index contributed by atoms with van der Waals surface area (Å²) in [6.07, 6.45) is 3.13. The number of rotatable bonds is 5. The van der Waals surface area contributed by atoms with Gasteiger partial charge in [0.05, 0.1) is 23.1 Å². The highest BCUT2D eigenvalue weighted by atomic mass is 19.4. The van der Waals surface area contributed by atoms with Crippen LogP contribution >= 0.6 is 0 Å². The first-order valence-electron chi connectivity index (χ1n) is 12.6. The van der Waals surface area contributed by atoms with Crippen LogP contribution in [0.3, 0.4) is 0 Å². The van der Waals surface area contributed by atoms with Gasteiger partial charge in [-0.15, -0.1) is 0 Å². The largest absolute Gasteiger partial charge is 0.417 e. The third-order valence-electron chi connectivity index (χ3n) is 8.21. The van der Waals surface area contributed by atoms with Gasteiger partial charge in [0.15, 0.2) is 0 Å². The molecule has 9 heteroatoms. The summed E-state index contributed by atoms with van der Waals surface area (Å²) in [4.78, 5) is 28.9. The number of hydrogen-bond acceptors (Lipinski definition) is 4. The third kappa shape index (κ3) is 5.74. The number of nitriles is 1. The van der Waals surface area contributed by atoms with E-state index in [0.717, 1.165) is 18.9 Å². The maximum Gasteiger partial charge on any atom is 0.417 e. The van der Waals surface area contributed by atoms with E-state index in [1.54, 1.807) is 12.1 Å². The van der Waals surface area contributed by atoms with Crippen molar-refractivity contribution in [2.75, 3.05) is 31.1 Å². The molecule has 1 aromatic rings. The Morgan fingerprint density at radius 2 is 1.74 bits per heavy atom. The molecule has 1 saturated carbocycles. The van der Waals surface area contributed by atoms with Crippen LogP contribution in [0.25, 0.3) is 0 Å². The molecule has 0 bridgehead atoms. The fourth-order valence-electron chi connectivity index (χ4n) is 6.23. The van der Waals surface area contributed by atoms with Crippen LogP contribution < -0.4 is 10.6 Å². The van der Waals surface area contributed by atoms with E-state index in [2.05, 4.69) is 0 Å². The number of primary amides is 1. The second-order valence-electron chi connectivity index (χ2n) is 10.3. The molecule has 2 atom stereocenters. The number of nitrogens with zero attached hydrogens (tertiary/aromatic N) is 3. The molecule has 2 N–H and O–H groups in total. The van der Waals surface area contributed by atoms with E-state index in [-0.39, 0.29) is 35.1 Å². The van der Waals surface area contributed by atoms with Crippen LogP contribution in [0.15, 0.2) is 18.2 Å². The molecular formula is C26H33F3N4O2. The molecule has 190 valence electrons. The average molecular weight is 491 g/mol. The van der Waals surface area contributed by atoms with E-state index in [1.807, 2.05) is 9.80 Å². The first kappa shape index (κ1) is 25.3. The van der Waals surface area contributed by atoms with Gasteiger partial charge in [-0.1, -0.05) is 19.3 Å². The Morgan fingerprint density at radius 3 is 2.34 bits per heavy atom. The van der Waals surface area contributed by atoms with Gasteiger partial charge in [0, 0.05) is 38.3 Å². The van der Waals surface area contributed by atoms with E-state index in [4.69, 9.17) is 11.0 Å². The fraction of sp³-hybridized carbons (Fsp3) is 0.654. The number of halogens is 3. The highest BCUT2D eigenvalue weighted by Gasteiger charge is 2.43. The van der Waals surface area contributed by atoms with Gasteiger partial charge in [-0.3, -0.25) is 9.59 Å². The number of piperidine rings is 1. The maximum absolute atomic E-state index is 13.4. The van der Waals surface area contributed by atoms with Gasteiger partial charge < -0.3 is 15.5 Å². The van der Waals surface area contributed by atoms with Gasteiger partial charge in [-0.2, -0.15) is 18.4 Å². The summed E-state index contributed by atoms with van der Waals surface area (Å²) >= 11 is 0. The van der Waals surface area contributed by atoms with Gasteiger partial charge >= 0.3 is 6.18 Å². The summed E-state index contributed by atoms with van der Waals surface area (Å²) in [5, 5.41) is 9.03. The van der Waals surface area contributed by atoms with Crippen LogP contribution in [0.1, 0.15) is 62.5 Å². The Labute approximate surface area is 204 Å². The molecule has 0 radical (unpaired) electrons. The van der Waals surface area contributed by atoms with Crippen molar-refractivity contribution in [1.82, 2.24) is 4.90 Å². The summed E-state index contributed by atoms with van der Waals surface area (Å²) < 4.78 is 40.1. The highest BCUT2D eigenvalue weighted by molar-refractivity contribution is 5.81. The van der Waals surface area contributed by atoms with Crippen LogP contribution in [0.5, 0.6) is 0 Å². The normalized spacial score (nSPS) is 24.4. The van der Waals surface area contributed by atoms with Gasteiger partial charge in [0.2, 0.25) is 11.8 Å². The molecule has 2 amide bonds. The number of carbonyl (C=O) groups excluding carboxylic acids is 2. The molecule has 2 aliphatic heterocycles. The molecule has 1 aromatic carbocycles. The van der Waals surface area contributed by atoms with E-state index in [1.165, 1.54) is 25.3 Å². The smallest absolute Gasteiger partial charge is 0.372 e. The SMILES string of the molecule is N#Cc1ccc(N2CCC([C@@H]3CN(C(=O)CC4CCCCC4)C[C@H]3C(N)=O)CC2)cc1C(F)(F)F. The summed E-state index contributed by atoms with van der Waals surface area (Å²) in [7, 11) is 0. The average Bonchev–Trinajstić information content (AvgIpc) is 3.30. The zero-order chi connectivity index (χ0) is 25.2. The molecule has 6 nitrogen and oxygen atoms in total. The van der Waals surface area contributed by atoms with Crippen LogP contribution in [0.2, 0.25) is 0 Å². The van der Waals surface area contributed by atoms with Crippen molar-refractivity contribution in [2.24, 2.45) is 29.4 Å². The summed E-state index contributed by atoms with van der Waals surface area (Å²) in [5.74, 6) is -0.0609. The van der Waals surface area contributed by atoms with Crippen LogP contribution in [0, 0.1) is 35.0 Å².